The lowest BCUT2D eigenvalue weighted by Crippen LogP contribution is -2.24. The van der Waals surface area contributed by atoms with Gasteiger partial charge in [0.15, 0.2) is 6.61 Å². The number of hydrazone groups is 1. The van der Waals surface area contributed by atoms with Crippen molar-refractivity contribution in [1.82, 2.24) is 10.4 Å². The van der Waals surface area contributed by atoms with Gasteiger partial charge in [-0.3, -0.25) is 9.78 Å². The Morgan fingerprint density at radius 2 is 2.10 bits per heavy atom. The van der Waals surface area contributed by atoms with E-state index in [2.05, 4.69) is 15.5 Å². The number of hydrogen-bond acceptors (Lipinski definition) is 4. The van der Waals surface area contributed by atoms with Crippen molar-refractivity contribution in [2.24, 2.45) is 5.10 Å². The van der Waals surface area contributed by atoms with E-state index in [0.717, 1.165) is 5.56 Å². The average Bonchev–Trinajstić information content (AvgIpc) is 2.47. The molecule has 0 fully saturated rings. The Morgan fingerprint density at radius 3 is 2.85 bits per heavy atom. The fraction of sp³-hybridized carbons (Fsp3) is 0.133. The van der Waals surface area contributed by atoms with Crippen LogP contribution in [0, 0.1) is 6.92 Å². The Kier molecular flexibility index (Phi) is 4.83. The summed E-state index contributed by atoms with van der Waals surface area (Å²) in [5.74, 6) is 0.372. The number of carbonyl (C=O) groups is 1. The molecule has 0 saturated heterocycles. The van der Waals surface area contributed by atoms with Gasteiger partial charge >= 0.3 is 0 Å². The van der Waals surface area contributed by atoms with Crippen LogP contribution in [0.15, 0.2) is 53.8 Å². The Hall–Kier alpha value is -2.69. The minimum atomic E-state index is -0.319. The molecule has 1 aromatic carbocycles. The zero-order valence-electron chi connectivity index (χ0n) is 11.1. The molecule has 5 nitrogen and oxygen atoms in total. The molecule has 2 aromatic rings. The molecule has 0 aliphatic carbocycles. The molecule has 102 valence electrons. The van der Waals surface area contributed by atoms with E-state index in [1.807, 2.05) is 43.3 Å². The summed E-state index contributed by atoms with van der Waals surface area (Å²) in [4.78, 5) is 15.6. The van der Waals surface area contributed by atoms with Gasteiger partial charge in [0, 0.05) is 6.20 Å². The van der Waals surface area contributed by atoms with Crippen molar-refractivity contribution in [3.8, 4) is 5.75 Å². The first kappa shape index (κ1) is 13.7. The zero-order chi connectivity index (χ0) is 14.2. The van der Waals surface area contributed by atoms with E-state index in [1.165, 1.54) is 6.21 Å². The van der Waals surface area contributed by atoms with E-state index in [1.54, 1.807) is 12.3 Å². The topological polar surface area (TPSA) is 63.6 Å². The zero-order valence-corrected chi connectivity index (χ0v) is 11.1. The smallest absolute Gasteiger partial charge is 0.277 e. The first-order valence-electron chi connectivity index (χ1n) is 6.17. The molecule has 0 aliphatic rings. The Labute approximate surface area is 117 Å². The van der Waals surface area contributed by atoms with Crippen molar-refractivity contribution in [2.75, 3.05) is 6.61 Å². The lowest BCUT2D eigenvalue weighted by Gasteiger charge is -2.07. The van der Waals surface area contributed by atoms with Crippen LogP contribution in [0.4, 0.5) is 0 Å². The Morgan fingerprint density at radius 1 is 1.30 bits per heavy atom. The van der Waals surface area contributed by atoms with Crippen LogP contribution < -0.4 is 10.2 Å². The summed E-state index contributed by atoms with van der Waals surface area (Å²) in [6.45, 7) is 1.84. The van der Waals surface area contributed by atoms with Crippen molar-refractivity contribution in [2.45, 2.75) is 6.92 Å². The average molecular weight is 269 g/mol. The Balaban J connectivity index is 1.79. The second-order valence-corrected chi connectivity index (χ2v) is 4.10. The second kappa shape index (κ2) is 7.04. The second-order valence-electron chi connectivity index (χ2n) is 4.10. The molecule has 1 amide bonds. The minimum absolute atomic E-state index is 0.0790. The number of para-hydroxylation sites is 1. The van der Waals surface area contributed by atoms with Crippen molar-refractivity contribution in [3.63, 3.8) is 0 Å². The number of nitrogens with zero attached hydrogens (tertiary/aromatic N) is 2. The summed E-state index contributed by atoms with van der Waals surface area (Å²) in [5.41, 5.74) is 4.04. The number of carbonyl (C=O) groups excluding carboxylic acids is 1. The predicted octanol–water partition coefficient (Wildman–Crippen LogP) is 1.92. The first-order chi connectivity index (χ1) is 9.75. The van der Waals surface area contributed by atoms with Crippen LogP contribution in [-0.4, -0.2) is 23.7 Å². The normalized spacial score (nSPS) is 10.4. The number of ether oxygens (including phenoxy) is 1. The third-order valence-electron chi connectivity index (χ3n) is 2.53. The lowest BCUT2D eigenvalue weighted by atomic mass is 10.2. The summed E-state index contributed by atoms with van der Waals surface area (Å²) < 4.78 is 5.40. The molecule has 0 atom stereocenters. The largest absolute Gasteiger partial charge is 0.483 e. The molecule has 0 bridgehead atoms. The van der Waals surface area contributed by atoms with E-state index in [0.29, 0.717) is 11.4 Å². The Bertz CT molecular complexity index is 597. The molecule has 5 heteroatoms. The summed E-state index contributed by atoms with van der Waals surface area (Å²) in [6, 6.07) is 13.0. The van der Waals surface area contributed by atoms with Crippen LogP contribution >= 0.6 is 0 Å². The molecule has 0 radical (unpaired) electrons. The number of aryl methyl sites for hydroxylation is 1. The van der Waals surface area contributed by atoms with Crippen molar-refractivity contribution in [3.05, 3.63) is 59.9 Å². The number of rotatable bonds is 5. The van der Waals surface area contributed by atoms with Gasteiger partial charge in [0.1, 0.15) is 5.75 Å². The highest BCUT2D eigenvalue weighted by molar-refractivity contribution is 5.81. The van der Waals surface area contributed by atoms with Crippen LogP contribution in [0.25, 0.3) is 0 Å². The molecular weight excluding hydrogens is 254 g/mol. The standard InChI is InChI=1S/C15H15N3O2/c1-12-6-2-3-8-14(12)20-11-15(19)18-17-10-13-7-4-5-9-16-13/h2-10H,11H2,1H3,(H,18,19)/b17-10-. The van der Waals surface area contributed by atoms with Crippen molar-refractivity contribution < 1.29 is 9.53 Å². The molecule has 0 aliphatic heterocycles. The van der Waals surface area contributed by atoms with Gasteiger partial charge in [0.25, 0.3) is 5.91 Å². The lowest BCUT2D eigenvalue weighted by molar-refractivity contribution is -0.123. The van der Waals surface area contributed by atoms with E-state index in [-0.39, 0.29) is 12.5 Å². The van der Waals surface area contributed by atoms with Crippen LogP contribution in [0.5, 0.6) is 5.75 Å². The summed E-state index contributed by atoms with van der Waals surface area (Å²) in [5, 5.41) is 3.81. The van der Waals surface area contributed by atoms with E-state index < -0.39 is 0 Å². The quantitative estimate of drug-likeness (QED) is 0.666. The minimum Gasteiger partial charge on any atom is -0.483 e. The van der Waals surface area contributed by atoms with Crippen LogP contribution in [-0.2, 0) is 4.79 Å². The van der Waals surface area contributed by atoms with Crippen molar-refractivity contribution in [1.29, 1.82) is 0 Å². The molecule has 20 heavy (non-hydrogen) atoms. The molecule has 1 heterocycles. The van der Waals surface area contributed by atoms with Crippen LogP contribution in [0.3, 0.4) is 0 Å². The predicted molar refractivity (Wildman–Crippen MR) is 76.6 cm³/mol. The van der Waals surface area contributed by atoms with Gasteiger partial charge in [-0.15, -0.1) is 0 Å². The third kappa shape index (κ3) is 4.20. The summed E-state index contributed by atoms with van der Waals surface area (Å²) >= 11 is 0. The van der Waals surface area contributed by atoms with Gasteiger partial charge in [0.2, 0.25) is 0 Å². The number of pyridine rings is 1. The molecule has 0 spiro atoms. The van der Waals surface area contributed by atoms with Crippen LogP contribution in [0.1, 0.15) is 11.3 Å². The molecular formula is C15H15N3O2. The van der Waals surface area contributed by atoms with E-state index >= 15 is 0 Å². The maximum atomic E-state index is 11.5. The first-order valence-corrected chi connectivity index (χ1v) is 6.17. The van der Waals surface area contributed by atoms with Gasteiger partial charge in [-0.05, 0) is 30.7 Å². The fourth-order valence-corrected chi connectivity index (χ4v) is 1.52. The highest BCUT2D eigenvalue weighted by atomic mass is 16.5. The number of benzene rings is 1. The molecule has 1 aromatic heterocycles. The van der Waals surface area contributed by atoms with Gasteiger partial charge in [-0.25, -0.2) is 5.43 Å². The van der Waals surface area contributed by atoms with Crippen molar-refractivity contribution >= 4 is 12.1 Å². The van der Waals surface area contributed by atoms with E-state index in [9.17, 15) is 4.79 Å². The van der Waals surface area contributed by atoms with Gasteiger partial charge in [-0.1, -0.05) is 24.3 Å². The van der Waals surface area contributed by atoms with Gasteiger partial charge in [-0.2, -0.15) is 5.10 Å². The monoisotopic (exact) mass is 269 g/mol. The molecule has 0 saturated carbocycles. The maximum Gasteiger partial charge on any atom is 0.277 e. The SMILES string of the molecule is Cc1ccccc1OCC(=O)N/N=C\c1ccccn1. The van der Waals surface area contributed by atoms with Gasteiger partial charge < -0.3 is 4.74 Å². The maximum absolute atomic E-state index is 11.5. The van der Waals surface area contributed by atoms with Gasteiger partial charge in [0.05, 0.1) is 11.9 Å². The van der Waals surface area contributed by atoms with Crippen LogP contribution in [0.2, 0.25) is 0 Å². The molecule has 1 N–H and O–H groups in total. The number of nitrogens with one attached hydrogen (secondary N) is 1. The fourth-order valence-electron chi connectivity index (χ4n) is 1.52. The number of aromatic nitrogens is 1. The summed E-state index contributed by atoms with van der Waals surface area (Å²) in [6.07, 6.45) is 3.14. The number of hydrogen-bond donors (Lipinski definition) is 1. The molecule has 0 unspecified atom stereocenters. The molecule has 2 rings (SSSR count). The van der Waals surface area contributed by atoms with E-state index in [4.69, 9.17) is 4.74 Å². The summed E-state index contributed by atoms with van der Waals surface area (Å²) in [7, 11) is 0. The highest BCUT2D eigenvalue weighted by Crippen LogP contribution is 2.15. The number of amides is 1. The third-order valence-corrected chi connectivity index (χ3v) is 2.53. The highest BCUT2D eigenvalue weighted by Gasteiger charge is 2.02.